The van der Waals surface area contributed by atoms with Crippen LogP contribution in [0.3, 0.4) is 0 Å². The molecule has 0 aliphatic rings. The van der Waals surface area contributed by atoms with Crippen molar-refractivity contribution in [1.29, 1.82) is 0 Å². The molecule has 21 heteroatoms. The summed E-state index contributed by atoms with van der Waals surface area (Å²) < 4.78 is 0. The summed E-state index contributed by atoms with van der Waals surface area (Å²) in [4.78, 5) is 122. The number of carboxylic acid groups (broad SMARTS) is 3. The van der Waals surface area contributed by atoms with Crippen LogP contribution in [0.1, 0.15) is 57.4 Å². The molecule has 6 atom stereocenters. The number of carbonyl (C=O) groups excluding carboxylic acids is 7. The minimum Gasteiger partial charge on any atom is -0.481 e. The van der Waals surface area contributed by atoms with Crippen molar-refractivity contribution in [3.05, 3.63) is 35.9 Å². The highest BCUT2D eigenvalue weighted by atomic mass is 16.4. The third kappa shape index (κ3) is 17.0. The molecule has 52 heavy (non-hydrogen) atoms. The van der Waals surface area contributed by atoms with Crippen LogP contribution in [0.15, 0.2) is 30.3 Å². The predicted octanol–water partition coefficient (Wildman–Crippen LogP) is -4.04. The van der Waals surface area contributed by atoms with Gasteiger partial charge in [0.1, 0.15) is 30.2 Å². The van der Waals surface area contributed by atoms with Gasteiger partial charge < -0.3 is 59.1 Å². The Balaban J connectivity index is 3.21. The molecule has 1 rings (SSSR count). The molecule has 0 fully saturated rings. The van der Waals surface area contributed by atoms with Crippen LogP contribution in [-0.2, 0) is 54.4 Å². The van der Waals surface area contributed by atoms with Crippen LogP contribution in [0, 0.1) is 0 Å². The molecule has 1 aromatic rings. The number of amides is 7. The molecule has 0 aromatic heterocycles. The van der Waals surface area contributed by atoms with Crippen LogP contribution in [0.25, 0.3) is 0 Å². The quantitative estimate of drug-likeness (QED) is 0.0481. The van der Waals surface area contributed by atoms with Crippen molar-refractivity contribution in [2.45, 2.75) is 94.5 Å². The van der Waals surface area contributed by atoms with Crippen molar-refractivity contribution in [3.8, 4) is 0 Å². The van der Waals surface area contributed by atoms with Crippen LogP contribution >= 0.6 is 0 Å². The van der Waals surface area contributed by atoms with Crippen molar-refractivity contribution in [2.75, 3.05) is 0 Å². The Bertz CT molecular complexity index is 1490. The Morgan fingerprint density at radius 2 is 1.02 bits per heavy atom. The van der Waals surface area contributed by atoms with Crippen LogP contribution in [0.2, 0.25) is 0 Å². The number of aliphatic carboxylic acids is 3. The zero-order chi connectivity index (χ0) is 39.5. The lowest BCUT2D eigenvalue weighted by Gasteiger charge is -2.26. The number of rotatable bonds is 24. The van der Waals surface area contributed by atoms with Gasteiger partial charge in [0, 0.05) is 25.7 Å². The summed E-state index contributed by atoms with van der Waals surface area (Å²) in [5.41, 5.74) is 16.4. The first-order valence-corrected chi connectivity index (χ1v) is 15.8. The molecule has 0 spiro atoms. The van der Waals surface area contributed by atoms with E-state index < -0.39 is 121 Å². The highest BCUT2D eigenvalue weighted by molar-refractivity contribution is 5.97. The SMILES string of the molecule is C[C@H](NC(=O)[C@H](CCC(=O)O)NC(=O)[C@@H](N)CC(=O)O)C(=O)N[C@@H](CCC(N)=O)C(=O)N[C@@H](Cc1ccccc1)C(=O)N[C@@H](CCC(N)=O)C(=O)O. The van der Waals surface area contributed by atoms with E-state index in [1.165, 1.54) is 6.92 Å². The summed E-state index contributed by atoms with van der Waals surface area (Å²) in [7, 11) is 0. The van der Waals surface area contributed by atoms with Crippen molar-refractivity contribution < 1.29 is 63.3 Å². The Labute approximate surface area is 296 Å². The summed E-state index contributed by atoms with van der Waals surface area (Å²) >= 11 is 0. The maximum atomic E-state index is 13.5. The fraction of sp³-hybridized carbons (Fsp3) is 0.484. The maximum Gasteiger partial charge on any atom is 0.326 e. The number of nitrogens with two attached hydrogens (primary N) is 3. The molecule has 0 bridgehead atoms. The number of nitrogens with one attached hydrogen (secondary N) is 5. The Kier molecular flexibility index (Phi) is 18.5. The van der Waals surface area contributed by atoms with Crippen molar-refractivity contribution in [3.63, 3.8) is 0 Å². The van der Waals surface area contributed by atoms with Gasteiger partial charge in [-0.25, -0.2) is 4.79 Å². The zero-order valence-electron chi connectivity index (χ0n) is 28.2. The number of hydrogen-bond acceptors (Lipinski definition) is 11. The largest absolute Gasteiger partial charge is 0.481 e. The number of benzene rings is 1. The topological polar surface area (TPSA) is 370 Å². The van der Waals surface area contributed by atoms with E-state index in [0.29, 0.717) is 5.56 Å². The van der Waals surface area contributed by atoms with Crippen molar-refractivity contribution >= 4 is 59.3 Å². The minimum absolute atomic E-state index is 0.164. The first kappa shape index (κ1) is 43.9. The minimum atomic E-state index is -1.58. The van der Waals surface area contributed by atoms with Gasteiger partial charge in [-0.05, 0) is 31.7 Å². The van der Waals surface area contributed by atoms with E-state index in [1.807, 2.05) is 0 Å². The summed E-state index contributed by atoms with van der Waals surface area (Å²) in [6.45, 7) is 1.17. The maximum absolute atomic E-state index is 13.5. The Hall–Kier alpha value is -6.12. The number of carbonyl (C=O) groups is 10. The predicted molar refractivity (Wildman–Crippen MR) is 177 cm³/mol. The van der Waals surface area contributed by atoms with E-state index in [9.17, 15) is 53.1 Å². The highest BCUT2D eigenvalue weighted by Crippen LogP contribution is 2.08. The van der Waals surface area contributed by atoms with E-state index in [0.717, 1.165) is 0 Å². The molecule has 0 saturated heterocycles. The Morgan fingerprint density at radius 1 is 0.577 bits per heavy atom. The molecule has 0 unspecified atom stereocenters. The molecule has 0 aliphatic heterocycles. The van der Waals surface area contributed by atoms with Gasteiger partial charge in [0.2, 0.25) is 41.4 Å². The molecule has 0 aliphatic carbocycles. The first-order chi connectivity index (χ1) is 24.3. The second kappa shape index (κ2) is 21.9. The molecule has 7 amide bonds. The van der Waals surface area contributed by atoms with Crippen LogP contribution in [0.5, 0.6) is 0 Å². The van der Waals surface area contributed by atoms with Crippen LogP contribution in [0.4, 0.5) is 0 Å². The number of hydrogen-bond donors (Lipinski definition) is 11. The standard InChI is InChI=1S/C31H44N8O13/c1-15(35-28(48)19(9-12-24(42)43)37-27(47)17(32)14-25(44)45)26(46)36-18(7-10-22(33)40)29(49)39-21(13-16-5-3-2-4-6-16)30(50)38-20(31(51)52)8-11-23(34)41/h2-6,15,17-21H,7-14,32H2,1H3,(H2,33,40)(H2,34,41)(H,35,48)(H,36,46)(H,37,47)(H,38,50)(H,39,49)(H,42,43)(H,44,45)(H,51,52)/t15-,17-,18-,19-,20-,21-/m0/s1. The second-order valence-corrected chi connectivity index (χ2v) is 11.6. The number of carboxylic acids is 3. The molecular formula is C31H44N8O13. The smallest absolute Gasteiger partial charge is 0.326 e. The van der Waals surface area contributed by atoms with Gasteiger partial charge in [0.25, 0.3) is 0 Å². The van der Waals surface area contributed by atoms with Gasteiger partial charge >= 0.3 is 17.9 Å². The van der Waals surface area contributed by atoms with Crippen molar-refractivity contribution in [1.82, 2.24) is 26.6 Å². The van der Waals surface area contributed by atoms with E-state index in [1.54, 1.807) is 30.3 Å². The van der Waals surface area contributed by atoms with Gasteiger partial charge in [-0.3, -0.25) is 43.2 Å². The normalized spacial score (nSPS) is 14.1. The third-order valence-corrected chi connectivity index (χ3v) is 7.29. The van der Waals surface area contributed by atoms with Crippen molar-refractivity contribution in [2.24, 2.45) is 17.2 Å². The first-order valence-electron chi connectivity index (χ1n) is 15.8. The highest BCUT2D eigenvalue weighted by Gasteiger charge is 2.32. The molecule has 0 saturated carbocycles. The lowest BCUT2D eigenvalue weighted by molar-refractivity contribution is -0.142. The van der Waals surface area contributed by atoms with E-state index in [-0.39, 0.29) is 25.7 Å². The molecule has 21 nitrogen and oxygen atoms in total. The van der Waals surface area contributed by atoms with E-state index >= 15 is 0 Å². The third-order valence-electron chi connectivity index (χ3n) is 7.29. The molecule has 286 valence electrons. The molecule has 0 radical (unpaired) electrons. The average molecular weight is 737 g/mol. The summed E-state index contributed by atoms with van der Waals surface area (Å²) in [5, 5.41) is 38.9. The molecule has 1 aromatic carbocycles. The fourth-order valence-corrected chi connectivity index (χ4v) is 4.48. The van der Waals surface area contributed by atoms with Gasteiger partial charge in [0.05, 0.1) is 12.5 Å². The Morgan fingerprint density at radius 3 is 1.52 bits per heavy atom. The average Bonchev–Trinajstić information content (AvgIpc) is 3.05. The summed E-state index contributed by atoms with van der Waals surface area (Å²) in [6, 6.07) is -0.932. The zero-order valence-corrected chi connectivity index (χ0v) is 28.2. The van der Waals surface area contributed by atoms with Gasteiger partial charge in [-0.1, -0.05) is 30.3 Å². The molecule has 0 heterocycles. The summed E-state index contributed by atoms with van der Waals surface area (Å²) in [5.74, 6) is -11.0. The fourth-order valence-electron chi connectivity index (χ4n) is 4.48. The van der Waals surface area contributed by atoms with Gasteiger partial charge in [-0.15, -0.1) is 0 Å². The second-order valence-electron chi connectivity index (χ2n) is 11.6. The van der Waals surface area contributed by atoms with E-state index in [4.69, 9.17) is 27.4 Å². The van der Waals surface area contributed by atoms with Gasteiger partial charge in [-0.2, -0.15) is 0 Å². The van der Waals surface area contributed by atoms with Gasteiger partial charge in [0.15, 0.2) is 0 Å². The van der Waals surface area contributed by atoms with Crippen LogP contribution in [-0.4, -0.2) is 111 Å². The number of primary amides is 2. The lowest BCUT2D eigenvalue weighted by atomic mass is 10.0. The molecular weight excluding hydrogens is 692 g/mol. The van der Waals surface area contributed by atoms with E-state index in [2.05, 4.69) is 26.6 Å². The van der Waals surface area contributed by atoms with Crippen LogP contribution < -0.4 is 43.8 Å². The molecule has 14 N–H and O–H groups in total. The monoisotopic (exact) mass is 736 g/mol. The summed E-state index contributed by atoms with van der Waals surface area (Å²) in [6.07, 6.45) is -3.57. The lowest BCUT2D eigenvalue weighted by Crippen LogP contribution is -2.59.